The number of hydrogen-bond donors (Lipinski definition) is 1. The van der Waals surface area contributed by atoms with Gasteiger partial charge in [-0.25, -0.2) is 13.8 Å². The van der Waals surface area contributed by atoms with E-state index in [1.165, 1.54) is 0 Å². The number of carbonyl (C=O) groups is 3. The second-order valence-electron chi connectivity index (χ2n) is 8.52. The van der Waals surface area contributed by atoms with Crippen molar-refractivity contribution in [1.82, 2.24) is 4.90 Å². The van der Waals surface area contributed by atoms with Gasteiger partial charge in [0.25, 0.3) is 0 Å². The van der Waals surface area contributed by atoms with Crippen molar-refractivity contribution in [2.75, 3.05) is 19.8 Å². The van der Waals surface area contributed by atoms with Gasteiger partial charge in [0, 0.05) is 17.6 Å². The van der Waals surface area contributed by atoms with E-state index in [9.17, 15) is 18.9 Å². The molecule has 6 atom stereocenters. The fraction of sp³-hybridized carbons (Fsp3) is 0.500. The summed E-state index contributed by atoms with van der Waals surface area (Å²) in [4.78, 5) is 36.6. The molecule has 0 saturated carbocycles. The number of hydrogen-bond acceptors (Lipinski definition) is 10. The summed E-state index contributed by atoms with van der Waals surface area (Å²) in [6.07, 6.45) is -3.23. The number of rotatable bonds is 7. The van der Waals surface area contributed by atoms with Gasteiger partial charge in [0.2, 0.25) is 5.91 Å². The van der Waals surface area contributed by atoms with Crippen molar-refractivity contribution in [3.05, 3.63) is 47.1 Å². The number of ether oxygens (including phenoxy) is 2. The fourth-order valence-electron chi connectivity index (χ4n) is 4.14. The number of amides is 1. The molecule has 1 aromatic carbocycles. The minimum atomic E-state index is -4.16. The summed E-state index contributed by atoms with van der Waals surface area (Å²) in [6.45, 7) is -0.569. The van der Waals surface area contributed by atoms with Gasteiger partial charge in [-0.1, -0.05) is 23.7 Å². The lowest BCUT2D eigenvalue weighted by Gasteiger charge is -2.33. The molecular formula is C22H24ClFNO10P. The maximum absolute atomic E-state index is 15.9. The Kier molecular flexibility index (Phi) is 7.96. The highest BCUT2D eigenvalue weighted by atomic mass is 35.5. The third-order valence-corrected chi connectivity index (χ3v) is 7.57. The average Bonchev–Trinajstić information content (AvgIpc) is 3.07. The Hall–Kier alpha value is -2.18. The van der Waals surface area contributed by atoms with Crippen LogP contribution in [0.5, 0.6) is 0 Å². The molecule has 0 bridgehead atoms. The third kappa shape index (κ3) is 5.70. The zero-order chi connectivity index (χ0) is 26.1. The number of phosphoric acid groups is 1. The summed E-state index contributed by atoms with van der Waals surface area (Å²) in [5, 5.41) is 9.55. The normalized spacial score (nSPS) is 34.7. The Labute approximate surface area is 210 Å². The zero-order valence-corrected chi connectivity index (χ0v) is 20.7. The molecule has 0 spiro atoms. The van der Waals surface area contributed by atoms with Crippen LogP contribution in [0.2, 0.25) is 5.02 Å². The lowest BCUT2D eigenvalue weighted by atomic mass is 9.97. The van der Waals surface area contributed by atoms with Gasteiger partial charge >= 0.3 is 13.8 Å². The Morgan fingerprint density at radius 3 is 2.86 bits per heavy atom. The standard InChI is InChI=1S/C22H24ClFNO10P/c1-22(24)20(34-19(29)11-26)17(33-21(22)25-7-5-15(27)10-18(25)28)12-32-36(30)31-8-6-16(35-36)13-3-2-4-14(23)9-13/h2-5,7,9,16-17,20-21,26H,6,8,10-12H2,1H3/t16-,17+,20+,21+,22+,36+/m0/s1. The first-order valence-corrected chi connectivity index (χ1v) is 12.9. The van der Waals surface area contributed by atoms with Crippen molar-refractivity contribution in [3.8, 4) is 0 Å². The fourth-order valence-corrected chi connectivity index (χ4v) is 5.73. The molecular weight excluding hydrogens is 524 g/mol. The number of aliphatic hydroxyl groups is 1. The van der Waals surface area contributed by atoms with Crippen LogP contribution in [-0.4, -0.2) is 71.6 Å². The molecule has 4 rings (SSSR count). The molecule has 3 aliphatic heterocycles. The number of esters is 1. The van der Waals surface area contributed by atoms with E-state index in [0.717, 1.165) is 24.1 Å². The van der Waals surface area contributed by atoms with Gasteiger partial charge in [-0.15, -0.1) is 0 Å². The maximum Gasteiger partial charge on any atom is 0.475 e. The van der Waals surface area contributed by atoms with Crippen LogP contribution in [0, 0.1) is 0 Å². The molecule has 0 radical (unpaired) electrons. The highest BCUT2D eigenvalue weighted by molar-refractivity contribution is 7.48. The van der Waals surface area contributed by atoms with E-state index >= 15 is 4.39 Å². The van der Waals surface area contributed by atoms with Gasteiger partial charge in [-0.05, 0) is 30.7 Å². The van der Waals surface area contributed by atoms with E-state index < -0.39 is 75.3 Å². The van der Waals surface area contributed by atoms with Crippen LogP contribution in [0.4, 0.5) is 4.39 Å². The molecule has 1 aromatic rings. The number of alkyl halides is 1. The van der Waals surface area contributed by atoms with E-state index in [1.807, 2.05) is 0 Å². The summed E-state index contributed by atoms with van der Waals surface area (Å²) in [5.74, 6) is -2.33. The lowest BCUT2D eigenvalue weighted by molar-refractivity contribution is -0.161. The Balaban J connectivity index is 1.51. The van der Waals surface area contributed by atoms with Gasteiger partial charge in [0.15, 0.2) is 23.8 Å². The van der Waals surface area contributed by atoms with Gasteiger partial charge in [0.05, 0.1) is 25.7 Å². The number of phosphoric ester groups is 1. The first-order chi connectivity index (χ1) is 17.0. The van der Waals surface area contributed by atoms with Crippen molar-refractivity contribution in [3.63, 3.8) is 0 Å². The molecule has 36 heavy (non-hydrogen) atoms. The number of allylic oxidation sites excluding steroid dienone is 1. The summed E-state index contributed by atoms with van der Waals surface area (Å²) < 4.78 is 56.1. The van der Waals surface area contributed by atoms with Crippen LogP contribution in [-0.2, 0) is 42.0 Å². The number of nitrogens with zero attached hydrogens (tertiary/aromatic N) is 1. The molecule has 0 aliphatic carbocycles. The van der Waals surface area contributed by atoms with Crippen LogP contribution >= 0.6 is 19.4 Å². The second kappa shape index (κ2) is 10.7. The van der Waals surface area contributed by atoms with Crippen LogP contribution in [0.25, 0.3) is 0 Å². The lowest BCUT2D eigenvalue weighted by Crippen LogP contribution is -2.52. The Morgan fingerprint density at radius 2 is 2.17 bits per heavy atom. The van der Waals surface area contributed by atoms with Crippen molar-refractivity contribution >= 4 is 37.1 Å². The van der Waals surface area contributed by atoms with E-state index in [1.54, 1.807) is 24.3 Å². The first-order valence-electron chi connectivity index (χ1n) is 11.0. The number of benzene rings is 1. The van der Waals surface area contributed by atoms with Crippen LogP contribution in [0.3, 0.4) is 0 Å². The number of carbonyl (C=O) groups excluding carboxylic acids is 3. The molecule has 1 N–H and O–H groups in total. The van der Waals surface area contributed by atoms with E-state index in [4.69, 9.17) is 39.8 Å². The monoisotopic (exact) mass is 547 g/mol. The second-order valence-corrected chi connectivity index (χ2v) is 10.6. The minimum Gasteiger partial charge on any atom is -0.454 e. The molecule has 3 heterocycles. The molecule has 0 aromatic heterocycles. The molecule has 11 nitrogen and oxygen atoms in total. The summed E-state index contributed by atoms with van der Waals surface area (Å²) >= 11 is 6.02. The number of aliphatic hydroxyl groups excluding tert-OH is 1. The maximum atomic E-state index is 15.9. The topological polar surface area (TPSA) is 138 Å². The van der Waals surface area contributed by atoms with E-state index in [2.05, 4.69) is 0 Å². The van der Waals surface area contributed by atoms with Crippen LogP contribution < -0.4 is 0 Å². The molecule has 2 saturated heterocycles. The number of halogens is 2. The summed E-state index contributed by atoms with van der Waals surface area (Å²) in [6, 6.07) is 6.78. The van der Waals surface area contributed by atoms with Crippen molar-refractivity contribution < 1.29 is 51.5 Å². The zero-order valence-electron chi connectivity index (χ0n) is 19.1. The highest BCUT2D eigenvalue weighted by Gasteiger charge is 2.60. The molecule has 1 amide bonds. The predicted octanol–water partition coefficient (Wildman–Crippen LogP) is 2.62. The van der Waals surface area contributed by atoms with Gasteiger partial charge < -0.3 is 14.6 Å². The van der Waals surface area contributed by atoms with Crippen molar-refractivity contribution in [1.29, 1.82) is 0 Å². The summed E-state index contributed by atoms with van der Waals surface area (Å²) in [7, 11) is -4.16. The minimum absolute atomic E-state index is 0.0352. The van der Waals surface area contributed by atoms with Gasteiger partial charge in [0.1, 0.15) is 12.7 Å². The summed E-state index contributed by atoms with van der Waals surface area (Å²) in [5.41, 5.74) is -1.84. The quantitative estimate of drug-likeness (QED) is 0.308. The highest BCUT2D eigenvalue weighted by Crippen LogP contribution is 2.57. The number of ketones is 1. The SMILES string of the molecule is C[C@@]1(F)[C@H](OC(=O)CO)[C@@H](CO[P@@]2(=O)OCC[C@@H](c3cccc(Cl)c3)O2)O[C@H]1N1C=CC(=O)CC1=O. The molecule has 2 fully saturated rings. The van der Waals surface area contributed by atoms with Crippen LogP contribution in [0.15, 0.2) is 36.5 Å². The predicted molar refractivity (Wildman–Crippen MR) is 120 cm³/mol. The van der Waals surface area contributed by atoms with Gasteiger partial charge in [-0.2, -0.15) is 0 Å². The van der Waals surface area contributed by atoms with E-state index in [0.29, 0.717) is 17.0 Å². The van der Waals surface area contributed by atoms with Crippen molar-refractivity contribution in [2.24, 2.45) is 0 Å². The Morgan fingerprint density at radius 1 is 1.39 bits per heavy atom. The van der Waals surface area contributed by atoms with Gasteiger partial charge in [-0.3, -0.25) is 28.1 Å². The average molecular weight is 548 g/mol. The van der Waals surface area contributed by atoms with Crippen LogP contribution in [0.1, 0.15) is 31.4 Å². The van der Waals surface area contributed by atoms with Crippen molar-refractivity contribution in [2.45, 2.75) is 50.0 Å². The molecule has 0 unspecified atom stereocenters. The molecule has 3 aliphatic rings. The largest absolute Gasteiger partial charge is 0.475 e. The Bertz CT molecular complexity index is 1110. The first kappa shape index (κ1) is 26.9. The third-order valence-electron chi connectivity index (χ3n) is 5.86. The van der Waals surface area contributed by atoms with E-state index in [-0.39, 0.29) is 6.61 Å². The molecule has 196 valence electrons. The molecule has 14 heteroatoms. The smallest absolute Gasteiger partial charge is 0.454 e.